The van der Waals surface area contributed by atoms with Gasteiger partial charge in [0.25, 0.3) is 0 Å². The molecule has 0 aliphatic carbocycles. The van der Waals surface area contributed by atoms with Crippen molar-refractivity contribution >= 4 is 39.2 Å². The van der Waals surface area contributed by atoms with Gasteiger partial charge in [-0.2, -0.15) is 4.31 Å². The lowest BCUT2D eigenvalue weighted by Crippen LogP contribution is -2.35. The monoisotopic (exact) mass is 441 g/mol. The van der Waals surface area contributed by atoms with Crippen molar-refractivity contribution in [1.82, 2.24) is 9.29 Å². The van der Waals surface area contributed by atoms with Crippen molar-refractivity contribution in [2.45, 2.75) is 32.6 Å². The van der Waals surface area contributed by atoms with E-state index in [-0.39, 0.29) is 17.1 Å². The van der Waals surface area contributed by atoms with E-state index in [0.29, 0.717) is 22.1 Å². The minimum absolute atomic E-state index is 0.0572. The number of aromatic nitrogens is 1. The summed E-state index contributed by atoms with van der Waals surface area (Å²) in [5.41, 5.74) is 1.92. The summed E-state index contributed by atoms with van der Waals surface area (Å²) < 4.78 is 32.0. The Morgan fingerprint density at radius 2 is 1.86 bits per heavy atom. The lowest BCUT2D eigenvalue weighted by atomic mass is 10.2. The van der Waals surface area contributed by atoms with Gasteiger partial charge in [-0.05, 0) is 45.4 Å². The van der Waals surface area contributed by atoms with E-state index in [4.69, 9.17) is 16.3 Å². The van der Waals surface area contributed by atoms with Crippen LogP contribution in [-0.2, 0) is 19.6 Å². The van der Waals surface area contributed by atoms with Crippen LogP contribution in [0.5, 0.6) is 0 Å². The van der Waals surface area contributed by atoms with E-state index in [1.807, 2.05) is 6.92 Å². The molecule has 1 aromatic heterocycles. The molecule has 0 aliphatic rings. The van der Waals surface area contributed by atoms with Crippen LogP contribution < -0.4 is 5.32 Å². The first-order chi connectivity index (χ1) is 13.5. The normalized spacial score (nSPS) is 11.6. The number of nitrogens with zero attached hydrogens (tertiary/aromatic N) is 1. The van der Waals surface area contributed by atoms with Gasteiger partial charge in [-0.1, -0.05) is 17.7 Å². The van der Waals surface area contributed by atoms with E-state index in [1.165, 1.54) is 7.05 Å². The Kier molecular flexibility index (Phi) is 7.10. The van der Waals surface area contributed by atoms with Gasteiger partial charge in [0.1, 0.15) is 10.5 Å². The van der Waals surface area contributed by atoms with Gasteiger partial charge >= 0.3 is 5.97 Å². The molecule has 158 valence electrons. The summed E-state index contributed by atoms with van der Waals surface area (Å²) in [5, 5.41) is 2.95. The lowest BCUT2D eigenvalue weighted by Gasteiger charge is -2.18. The van der Waals surface area contributed by atoms with E-state index in [1.54, 1.807) is 39.0 Å². The number of carbonyl (C=O) groups excluding carboxylic acids is 2. The molecule has 0 atom stereocenters. The minimum atomic E-state index is -4.14. The van der Waals surface area contributed by atoms with Crippen LogP contribution in [0.4, 0.5) is 5.69 Å². The van der Waals surface area contributed by atoms with Crippen LogP contribution in [0.25, 0.3) is 0 Å². The van der Waals surface area contributed by atoms with Crippen molar-refractivity contribution in [1.29, 1.82) is 0 Å². The molecule has 0 fully saturated rings. The molecule has 0 spiro atoms. The first-order valence-corrected chi connectivity index (χ1v) is 10.7. The number of esters is 1. The van der Waals surface area contributed by atoms with Crippen LogP contribution in [0.15, 0.2) is 23.1 Å². The molecular formula is C19H24ClN3O5S. The first kappa shape index (κ1) is 22.9. The second-order valence-corrected chi connectivity index (χ2v) is 8.98. The number of benzene rings is 1. The highest BCUT2D eigenvalue weighted by Gasteiger charge is 2.33. The van der Waals surface area contributed by atoms with Crippen molar-refractivity contribution in [3.63, 3.8) is 0 Å². The summed E-state index contributed by atoms with van der Waals surface area (Å²) in [6.07, 6.45) is 0. The number of anilines is 1. The van der Waals surface area contributed by atoms with Gasteiger partial charge in [0.15, 0.2) is 0 Å². The first-order valence-electron chi connectivity index (χ1n) is 8.87. The number of hydrogen-bond donors (Lipinski definition) is 2. The van der Waals surface area contributed by atoms with E-state index < -0.39 is 28.4 Å². The summed E-state index contributed by atoms with van der Waals surface area (Å²) in [6.45, 7) is 6.27. The van der Waals surface area contributed by atoms with Crippen LogP contribution in [0, 0.1) is 20.8 Å². The maximum Gasteiger partial charge on any atom is 0.341 e. The SMILES string of the molecule is CCOC(=O)c1c(C)[nH]c(C)c1S(=O)(=O)N(C)CC(=O)Nc1ccc(C)cc1Cl. The fraction of sp³-hybridized carbons (Fsp3) is 0.368. The summed E-state index contributed by atoms with van der Waals surface area (Å²) in [7, 11) is -2.87. The van der Waals surface area contributed by atoms with Gasteiger partial charge in [-0.3, -0.25) is 4.79 Å². The molecule has 1 heterocycles. The molecule has 1 aromatic carbocycles. The third-order valence-electron chi connectivity index (χ3n) is 4.23. The molecule has 0 bridgehead atoms. The third-order valence-corrected chi connectivity index (χ3v) is 6.52. The van der Waals surface area contributed by atoms with Gasteiger partial charge in [-0.15, -0.1) is 0 Å². The highest BCUT2D eigenvalue weighted by Crippen LogP contribution is 2.27. The van der Waals surface area contributed by atoms with Crippen molar-refractivity contribution in [2.75, 3.05) is 25.5 Å². The Morgan fingerprint density at radius 1 is 1.21 bits per heavy atom. The highest BCUT2D eigenvalue weighted by atomic mass is 35.5. The Balaban J connectivity index is 2.27. The Bertz CT molecular complexity index is 1050. The molecule has 2 rings (SSSR count). The molecule has 0 radical (unpaired) electrons. The summed E-state index contributed by atoms with van der Waals surface area (Å²) in [5.74, 6) is -1.30. The molecule has 2 N–H and O–H groups in total. The van der Waals surface area contributed by atoms with Crippen LogP contribution in [0.1, 0.15) is 34.2 Å². The zero-order chi connectivity index (χ0) is 21.9. The predicted molar refractivity (Wildman–Crippen MR) is 111 cm³/mol. The number of hydrogen-bond acceptors (Lipinski definition) is 5. The standard InChI is InChI=1S/C19H24ClN3O5S/c1-6-28-19(25)17-12(3)21-13(4)18(17)29(26,27)23(5)10-16(24)22-15-8-7-11(2)9-14(15)20/h7-9,21H,6,10H2,1-5H3,(H,22,24). The van der Waals surface area contributed by atoms with E-state index >= 15 is 0 Å². The number of carbonyl (C=O) groups is 2. The summed E-state index contributed by atoms with van der Waals surface area (Å²) in [4.78, 5) is 27.3. The van der Waals surface area contributed by atoms with Gasteiger partial charge in [0, 0.05) is 18.4 Å². The molecule has 0 unspecified atom stereocenters. The quantitative estimate of drug-likeness (QED) is 0.642. The molecule has 0 saturated carbocycles. The van der Waals surface area contributed by atoms with Gasteiger partial charge < -0.3 is 15.0 Å². The van der Waals surface area contributed by atoms with Gasteiger partial charge in [0.2, 0.25) is 15.9 Å². The smallest absolute Gasteiger partial charge is 0.341 e. The number of aryl methyl sites for hydroxylation is 3. The predicted octanol–water partition coefficient (Wildman–Crippen LogP) is 3.03. The highest BCUT2D eigenvalue weighted by molar-refractivity contribution is 7.89. The topological polar surface area (TPSA) is 109 Å². The van der Waals surface area contributed by atoms with Crippen LogP contribution >= 0.6 is 11.6 Å². The molecule has 0 saturated heterocycles. The van der Waals surface area contributed by atoms with Crippen LogP contribution in [-0.4, -0.2) is 49.8 Å². The van der Waals surface area contributed by atoms with Gasteiger partial charge in [0.05, 0.1) is 23.9 Å². The third kappa shape index (κ3) is 4.98. The maximum absolute atomic E-state index is 13.1. The number of aromatic amines is 1. The molecule has 8 nitrogen and oxygen atoms in total. The van der Waals surface area contributed by atoms with Crippen molar-refractivity contribution in [2.24, 2.45) is 0 Å². The number of nitrogens with one attached hydrogen (secondary N) is 2. The zero-order valence-electron chi connectivity index (χ0n) is 16.9. The Hall–Kier alpha value is -2.36. The fourth-order valence-corrected chi connectivity index (χ4v) is 4.70. The largest absolute Gasteiger partial charge is 0.462 e. The van der Waals surface area contributed by atoms with Crippen molar-refractivity contribution in [3.8, 4) is 0 Å². The Morgan fingerprint density at radius 3 is 2.45 bits per heavy atom. The average molecular weight is 442 g/mol. The summed E-state index contributed by atoms with van der Waals surface area (Å²) in [6, 6.07) is 5.11. The van der Waals surface area contributed by atoms with Crippen molar-refractivity contribution in [3.05, 3.63) is 45.7 Å². The number of rotatable bonds is 7. The number of likely N-dealkylation sites (N-methyl/N-ethyl adjacent to an activating group) is 1. The maximum atomic E-state index is 13.1. The zero-order valence-corrected chi connectivity index (χ0v) is 18.5. The van der Waals surface area contributed by atoms with Crippen molar-refractivity contribution < 1.29 is 22.7 Å². The number of sulfonamides is 1. The second kappa shape index (κ2) is 8.98. The van der Waals surface area contributed by atoms with Crippen LogP contribution in [0.3, 0.4) is 0 Å². The molecule has 2 aromatic rings. The molecule has 1 amide bonds. The molecule has 29 heavy (non-hydrogen) atoms. The number of ether oxygens (including phenoxy) is 1. The number of halogens is 1. The van der Waals surface area contributed by atoms with E-state index in [9.17, 15) is 18.0 Å². The fourth-order valence-electron chi connectivity index (χ4n) is 2.88. The van der Waals surface area contributed by atoms with E-state index in [2.05, 4.69) is 10.3 Å². The molecular weight excluding hydrogens is 418 g/mol. The molecule has 10 heteroatoms. The lowest BCUT2D eigenvalue weighted by molar-refractivity contribution is -0.116. The Labute approximate surface area is 175 Å². The average Bonchev–Trinajstić information content (AvgIpc) is 2.92. The minimum Gasteiger partial charge on any atom is -0.462 e. The number of H-pyrrole nitrogens is 1. The number of amides is 1. The second-order valence-electron chi connectivity index (χ2n) is 6.59. The molecule has 0 aliphatic heterocycles. The van der Waals surface area contributed by atoms with Gasteiger partial charge in [-0.25, -0.2) is 13.2 Å². The van der Waals surface area contributed by atoms with E-state index in [0.717, 1.165) is 9.87 Å². The van der Waals surface area contributed by atoms with Crippen LogP contribution in [0.2, 0.25) is 5.02 Å². The summed E-state index contributed by atoms with van der Waals surface area (Å²) >= 11 is 6.10.